The zero-order chi connectivity index (χ0) is 14.0. The summed E-state index contributed by atoms with van der Waals surface area (Å²) in [5.41, 5.74) is 5.47. The van der Waals surface area contributed by atoms with Gasteiger partial charge in [0.1, 0.15) is 0 Å². The molecule has 1 saturated carbocycles. The van der Waals surface area contributed by atoms with Crippen molar-refractivity contribution >= 4 is 17.5 Å². The van der Waals surface area contributed by atoms with Crippen LogP contribution < -0.4 is 10.6 Å². The number of aromatic carboxylic acids is 1. The predicted molar refractivity (Wildman–Crippen MR) is 72.3 cm³/mol. The molecule has 4 N–H and O–H groups in total. The van der Waals surface area contributed by atoms with Gasteiger partial charge in [0.15, 0.2) is 11.5 Å². The van der Waals surface area contributed by atoms with Gasteiger partial charge in [-0.3, -0.25) is 0 Å². The van der Waals surface area contributed by atoms with Crippen LogP contribution in [0.1, 0.15) is 36.2 Å². The Morgan fingerprint density at radius 3 is 2.68 bits per heavy atom. The second-order valence-electron chi connectivity index (χ2n) is 5.20. The second-order valence-corrected chi connectivity index (χ2v) is 5.20. The van der Waals surface area contributed by atoms with Crippen LogP contribution in [-0.4, -0.2) is 40.4 Å². The molecule has 19 heavy (non-hydrogen) atoms. The Kier molecular flexibility index (Phi) is 3.61. The fourth-order valence-electron chi connectivity index (χ4n) is 2.59. The number of nitrogens with zero attached hydrogens (tertiary/aromatic N) is 2. The molecule has 1 aromatic heterocycles. The minimum atomic E-state index is -1.09. The molecule has 6 heteroatoms. The number of anilines is 2. The molecule has 0 unspecified atom stereocenters. The third-order valence-corrected chi connectivity index (χ3v) is 3.55. The van der Waals surface area contributed by atoms with E-state index in [2.05, 4.69) is 4.98 Å². The molecule has 6 nitrogen and oxygen atoms in total. The van der Waals surface area contributed by atoms with Gasteiger partial charge in [0.2, 0.25) is 0 Å². The molecule has 0 amide bonds. The number of aromatic nitrogens is 1. The summed E-state index contributed by atoms with van der Waals surface area (Å²) >= 11 is 0. The topological polar surface area (TPSA) is 99.7 Å². The SMILES string of the molecule is CN(CC1(O)CCCC1)c1nc(C(=O)O)ccc1N. The van der Waals surface area contributed by atoms with Gasteiger partial charge in [-0.2, -0.15) is 0 Å². The van der Waals surface area contributed by atoms with Gasteiger partial charge in [-0.1, -0.05) is 12.8 Å². The highest BCUT2D eigenvalue weighted by Gasteiger charge is 2.33. The first-order valence-electron chi connectivity index (χ1n) is 6.35. The number of rotatable bonds is 4. The van der Waals surface area contributed by atoms with Gasteiger partial charge in [-0.25, -0.2) is 9.78 Å². The fraction of sp³-hybridized carbons (Fsp3) is 0.538. The molecule has 0 spiro atoms. The first-order valence-corrected chi connectivity index (χ1v) is 6.35. The molecule has 0 aliphatic heterocycles. The first kappa shape index (κ1) is 13.6. The van der Waals surface area contributed by atoms with Crippen molar-refractivity contribution < 1.29 is 15.0 Å². The van der Waals surface area contributed by atoms with Crippen molar-refractivity contribution in [2.24, 2.45) is 0 Å². The van der Waals surface area contributed by atoms with E-state index in [1.165, 1.54) is 12.1 Å². The molecule has 1 fully saturated rings. The number of aliphatic hydroxyl groups is 1. The summed E-state index contributed by atoms with van der Waals surface area (Å²) in [7, 11) is 1.76. The molecule has 0 atom stereocenters. The number of carboxylic acids is 1. The Hall–Kier alpha value is -1.82. The van der Waals surface area contributed by atoms with Crippen LogP contribution in [0.2, 0.25) is 0 Å². The molecule has 0 radical (unpaired) electrons. The van der Waals surface area contributed by atoms with Crippen molar-refractivity contribution in [3.8, 4) is 0 Å². The van der Waals surface area contributed by atoms with Gasteiger partial charge in [-0.15, -0.1) is 0 Å². The lowest BCUT2D eigenvalue weighted by Gasteiger charge is -2.30. The van der Waals surface area contributed by atoms with Gasteiger partial charge >= 0.3 is 5.97 Å². The number of likely N-dealkylation sites (N-methyl/N-ethyl adjacent to an activating group) is 1. The number of carbonyl (C=O) groups is 1. The Bertz CT molecular complexity index is 484. The zero-order valence-electron chi connectivity index (χ0n) is 11.0. The van der Waals surface area contributed by atoms with E-state index < -0.39 is 11.6 Å². The van der Waals surface area contributed by atoms with E-state index in [1.54, 1.807) is 11.9 Å². The van der Waals surface area contributed by atoms with Gasteiger partial charge in [0, 0.05) is 13.6 Å². The minimum absolute atomic E-state index is 0.0468. The van der Waals surface area contributed by atoms with Crippen molar-refractivity contribution in [3.05, 3.63) is 17.8 Å². The van der Waals surface area contributed by atoms with Crippen LogP contribution in [0.4, 0.5) is 11.5 Å². The summed E-state index contributed by atoms with van der Waals surface area (Å²) in [4.78, 5) is 16.7. The lowest BCUT2D eigenvalue weighted by molar-refractivity contribution is 0.0558. The van der Waals surface area contributed by atoms with Crippen LogP contribution in [0.3, 0.4) is 0 Å². The molecule has 0 saturated heterocycles. The summed E-state index contributed by atoms with van der Waals surface area (Å²) in [6, 6.07) is 2.90. The third-order valence-electron chi connectivity index (χ3n) is 3.55. The van der Waals surface area contributed by atoms with Crippen LogP contribution in [-0.2, 0) is 0 Å². The second kappa shape index (κ2) is 5.05. The van der Waals surface area contributed by atoms with E-state index in [-0.39, 0.29) is 5.69 Å². The van der Waals surface area contributed by atoms with E-state index in [1.807, 2.05) is 0 Å². The molecule has 1 aromatic rings. The molecule has 0 aromatic carbocycles. The number of hydrogen-bond donors (Lipinski definition) is 3. The Balaban J connectivity index is 2.20. The molecule has 1 aliphatic carbocycles. The summed E-state index contributed by atoms with van der Waals surface area (Å²) in [6.07, 6.45) is 3.55. The van der Waals surface area contributed by atoms with E-state index in [0.29, 0.717) is 18.1 Å². The maximum Gasteiger partial charge on any atom is 0.354 e. The smallest absolute Gasteiger partial charge is 0.354 e. The maximum absolute atomic E-state index is 10.9. The van der Waals surface area contributed by atoms with Gasteiger partial charge in [0.25, 0.3) is 0 Å². The van der Waals surface area contributed by atoms with Crippen molar-refractivity contribution in [1.82, 2.24) is 4.98 Å². The minimum Gasteiger partial charge on any atom is -0.477 e. The number of carboxylic acid groups (broad SMARTS) is 1. The number of nitrogens with two attached hydrogens (primary N) is 1. The third kappa shape index (κ3) is 2.96. The Morgan fingerprint density at radius 2 is 2.11 bits per heavy atom. The highest BCUT2D eigenvalue weighted by atomic mass is 16.4. The number of nitrogen functional groups attached to an aromatic ring is 1. The van der Waals surface area contributed by atoms with E-state index in [0.717, 1.165) is 25.7 Å². The van der Waals surface area contributed by atoms with Crippen LogP contribution in [0.15, 0.2) is 12.1 Å². The summed E-state index contributed by atoms with van der Waals surface area (Å²) < 4.78 is 0. The number of pyridine rings is 1. The van der Waals surface area contributed by atoms with Crippen molar-refractivity contribution in [3.63, 3.8) is 0 Å². The van der Waals surface area contributed by atoms with E-state index >= 15 is 0 Å². The van der Waals surface area contributed by atoms with Gasteiger partial charge in [-0.05, 0) is 25.0 Å². The predicted octanol–water partition coefficient (Wildman–Crippen LogP) is 1.10. The van der Waals surface area contributed by atoms with Crippen molar-refractivity contribution in [1.29, 1.82) is 0 Å². The van der Waals surface area contributed by atoms with E-state index in [4.69, 9.17) is 10.8 Å². The highest BCUT2D eigenvalue weighted by molar-refractivity contribution is 5.86. The average Bonchev–Trinajstić information content (AvgIpc) is 2.75. The molecular weight excluding hydrogens is 246 g/mol. The van der Waals surface area contributed by atoms with Crippen LogP contribution in [0.25, 0.3) is 0 Å². The highest BCUT2D eigenvalue weighted by Crippen LogP contribution is 2.31. The largest absolute Gasteiger partial charge is 0.477 e. The molecular formula is C13H19N3O3. The molecule has 104 valence electrons. The molecule has 1 heterocycles. The molecule has 2 rings (SSSR count). The van der Waals surface area contributed by atoms with E-state index in [9.17, 15) is 9.90 Å². The lowest BCUT2D eigenvalue weighted by Crippen LogP contribution is -2.40. The van der Waals surface area contributed by atoms with Gasteiger partial charge < -0.3 is 20.8 Å². The monoisotopic (exact) mass is 265 g/mol. The lowest BCUT2D eigenvalue weighted by atomic mass is 10.0. The summed E-state index contributed by atoms with van der Waals surface area (Å²) in [5.74, 6) is -0.686. The Labute approximate surface area is 111 Å². The average molecular weight is 265 g/mol. The van der Waals surface area contributed by atoms with Crippen molar-refractivity contribution in [2.45, 2.75) is 31.3 Å². The quantitative estimate of drug-likeness (QED) is 0.754. The maximum atomic E-state index is 10.9. The van der Waals surface area contributed by atoms with Crippen LogP contribution >= 0.6 is 0 Å². The zero-order valence-corrected chi connectivity index (χ0v) is 11.0. The van der Waals surface area contributed by atoms with Crippen molar-refractivity contribution in [2.75, 3.05) is 24.2 Å². The first-order chi connectivity index (χ1) is 8.91. The summed E-state index contributed by atoms with van der Waals surface area (Å²) in [5, 5.41) is 19.3. The van der Waals surface area contributed by atoms with Crippen LogP contribution in [0.5, 0.6) is 0 Å². The van der Waals surface area contributed by atoms with Crippen LogP contribution in [0, 0.1) is 0 Å². The van der Waals surface area contributed by atoms with Gasteiger partial charge in [0.05, 0.1) is 11.3 Å². The molecule has 0 bridgehead atoms. The molecule has 1 aliphatic rings. The Morgan fingerprint density at radius 1 is 1.47 bits per heavy atom. The summed E-state index contributed by atoms with van der Waals surface area (Å²) in [6.45, 7) is 0.410. The standard InChI is InChI=1S/C13H19N3O3/c1-16(8-13(19)6-2-3-7-13)11-9(14)4-5-10(15-11)12(17)18/h4-5,19H,2-3,6-8,14H2,1H3,(H,17,18). The fourth-order valence-corrected chi connectivity index (χ4v) is 2.59. The number of hydrogen-bond acceptors (Lipinski definition) is 5. The normalized spacial score (nSPS) is 17.4.